The lowest BCUT2D eigenvalue weighted by Gasteiger charge is -2.40. The standard InChI is InChI=1S/C28H38ClN5O2/c1-7-34(21-10-8-20(9-11-21)33(4)5)24-14-19(29)13-22(18(24)3)28(35)30-15-23-25(36-6)12-17(2)26-27(23)32-16-31-26/h12-14,16,20-21H,7-11,15H2,1-6H3,(H,30,35)(H,31,32)/t20-,21-. The monoisotopic (exact) mass is 511 g/mol. The van der Waals surface area contributed by atoms with Gasteiger partial charge in [-0.3, -0.25) is 4.79 Å². The average molecular weight is 512 g/mol. The molecule has 194 valence electrons. The van der Waals surface area contributed by atoms with Crippen molar-refractivity contribution in [3.05, 3.63) is 51.8 Å². The zero-order valence-electron chi connectivity index (χ0n) is 22.2. The lowest BCUT2D eigenvalue weighted by molar-refractivity contribution is 0.0950. The quantitative estimate of drug-likeness (QED) is 0.419. The van der Waals surface area contributed by atoms with E-state index in [0.29, 0.717) is 29.2 Å². The highest BCUT2D eigenvalue weighted by molar-refractivity contribution is 6.31. The lowest BCUT2D eigenvalue weighted by Crippen LogP contribution is -2.42. The fourth-order valence-electron chi connectivity index (χ4n) is 5.63. The van der Waals surface area contributed by atoms with Crippen molar-refractivity contribution < 1.29 is 9.53 Å². The van der Waals surface area contributed by atoms with E-state index in [1.165, 1.54) is 12.8 Å². The molecule has 2 aromatic carbocycles. The third kappa shape index (κ3) is 5.18. The first-order valence-electron chi connectivity index (χ1n) is 12.8. The molecule has 0 radical (unpaired) electrons. The third-order valence-electron chi connectivity index (χ3n) is 7.68. The number of methoxy groups -OCH3 is 1. The van der Waals surface area contributed by atoms with Crippen LogP contribution in [0.4, 0.5) is 5.69 Å². The number of benzene rings is 2. The lowest BCUT2D eigenvalue weighted by atomic mass is 9.89. The molecule has 4 rings (SSSR count). The van der Waals surface area contributed by atoms with E-state index in [0.717, 1.165) is 58.5 Å². The molecule has 36 heavy (non-hydrogen) atoms. The Bertz CT molecular complexity index is 1230. The van der Waals surface area contributed by atoms with Gasteiger partial charge in [0.1, 0.15) is 5.75 Å². The van der Waals surface area contributed by atoms with Crippen LogP contribution in [0.25, 0.3) is 11.0 Å². The van der Waals surface area contributed by atoms with Gasteiger partial charge < -0.3 is 24.8 Å². The zero-order valence-corrected chi connectivity index (χ0v) is 23.0. The fraction of sp³-hybridized carbons (Fsp3) is 0.500. The second kappa shape index (κ2) is 11.1. The second-order valence-corrected chi connectivity index (χ2v) is 10.4. The number of rotatable bonds is 8. The summed E-state index contributed by atoms with van der Waals surface area (Å²) in [6.07, 6.45) is 6.31. The van der Waals surface area contributed by atoms with Gasteiger partial charge in [-0.2, -0.15) is 0 Å². The van der Waals surface area contributed by atoms with E-state index in [2.05, 4.69) is 46.1 Å². The van der Waals surface area contributed by atoms with Gasteiger partial charge in [-0.1, -0.05) is 11.6 Å². The molecule has 7 nitrogen and oxygen atoms in total. The number of H-pyrrole nitrogens is 1. The molecule has 1 amide bonds. The molecule has 0 aliphatic heterocycles. The number of anilines is 1. The van der Waals surface area contributed by atoms with Gasteiger partial charge in [0, 0.05) is 47.0 Å². The zero-order chi connectivity index (χ0) is 26.0. The summed E-state index contributed by atoms with van der Waals surface area (Å²) in [5.74, 6) is 0.567. The first-order chi connectivity index (χ1) is 17.2. The first kappa shape index (κ1) is 26.3. The van der Waals surface area contributed by atoms with Gasteiger partial charge in [0.25, 0.3) is 5.91 Å². The third-order valence-corrected chi connectivity index (χ3v) is 7.90. The number of aryl methyl sites for hydroxylation is 1. The highest BCUT2D eigenvalue weighted by Gasteiger charge is 2.28. The van der Waals surface area contributed by atoms with Crippen molar-refractivity contribution in [2.24, 2.45) is 0 Å². The van der Waals surface area contributed by atoms with Crippen molar-refractivity contribution in [1.29, 1.82) is 0 Å². The molecule has 0 unspecified atom stereocenters. The SMILES string of the molecule is CCN(c1cc(Cl)cc(C(=O)NCc2c(OC)cc(C)c3nc[nH]c23)c1C)[C@H]1CC[C@H](N(C)C)CC1. The smallest absolute Gasteiger partial charge is 0.251 e. The molecule has 3 aromatic rings. The number of carbonyl (C=O) groups is 1. The number of nitrogens with zero attached hydrogens (tertiary/aromatic N) is 3. The van der Waals surface area contributed by atoms with Crippen LogP contribution in [0.5, 0.6) is 5.75 Å². The summed E-state index contributed by atoms with van der Waals surface area (Å²) in [5, 5.41) is 3.67. The van der Waals surface area contributed by atoms with Crippen LogP contribution in [0.15, 0.2) is 24.5 Å². The van der Waals surface area contributed by atoms with Crippen molar-refractivity contribution in [3.8, 4) is 5.75 Å². The van der Waals surface area contributed by atoms with Gasteiger partial charge in [0.15, 0.2) is 0 Å². The summed E-state index contributed by atoms with van der Waals surface area (Å²) in [6.45, 7) is 7.38. The molecule has 1 fully saturated rings. The molecular formula is C28H38ClN5O2. The summed E-state index contributed by atoms with van der Waals surface area (Å²) >= 11 is 6.57. The summed E-state index contributed by atoms with van der Waals surface area (Å²) in [4.78, 5) is 25.8. The van der Waals surface area contributed by atoms with Crippen LogP contribution in [-0.2, 0) is 6.54 Å². The van der Waals surface area contributed by atoms with Crippen LogP contribution in [-0.4, -0.2) is 60.6 Å². The highest BCUT2D eigenvalue weighted by atomic mass is 35.5. The van der Waals surface area contributed by atoms with Crippen LogP contribution >= 0.6 is 11.6 Å². The largest absolute Gasteiger partial charge is 0.496 e. The van der Waals surface area contributed by atoms with Crippen molar-refractivity contribution in [2.75, 3.05) is 32.6 Å². The molecule has 1 heterocycles. The summed E-state index contributed by atoms with van der Waals surface area (Å²) in [7, 11) is 5.97. The number of imidazole rings is 1. The van der Waals surface area contributed by atoms with Gasteiger partial charge in [-0.15, -0.1) is 0 Å². The van der Waals surface area contributed by atoms with Crippen molar-refractivity contribution in [1.82, 2.24) is 20.2 Å². The van der Waals surface area contributed by atoms with E-state index in [1.54, 1.807) is 19.5 Å². The van der Waals surface area contributed by atoms with Gasteiger partial charge >= 0.3 is 0 Å². The van der Waals surface area contributed by atoms with Gasteiger partial charge in [-0.05, 0) is 89.9 Å². The van der Waals surface area contributed by atoms with Gasteiger partial charge in [0.05, 0.1) is 24.5 Å². The normalized spacial score (nSPS) is 18.0. The Morgan fingerprint density at radius 3 is 2.50 bits per heavy atom. The maximum absolute atomic E-state index is 13.4. The van der Waals surface area contributed by atoms with Crippen molar-refractivity contribution in [3.63, 3.8) is 0 Å². The number of carbonyl (C=O) groups excluding carboxylic acids is 1. The minimum atomic E-state index is -0.154. The maximum atomic E-state index is 13.4. The topological polar surface area (TPSA) is 73.5 Å². The second-order valence-electron chi connectivity index (χ2n) is 9.99. The Kier molecular flexibility index (Phi) is 8.10. The van der Waals surface area contributed by atoms with E-state index >= 15 is 0 Å². The van der Waals surface area contributed by atoms with Crippen LogP contribution in [0.2, 0.25) is 5.02 Å². The number of ether oxygens (including phenoxy) is 1. The molecule has 0 spiro atoms. The van der Waals surface area contributed by atoms with Crippen LogP contribution in [0, 0.1) is 13.8 Å². The summed E-state index contributed by atoms with van der Waals surface area (Å²) in [5.41, 5.74) is 6.25. The Hall–Kier alpha value is -2.77. The molecule has 1 aliphatic carbocycles. The van der Waals surface area contributed by atoms with Crippen LogP contribution in [0.1, 0.15) is 59.7 Å². The van der Waals surface area contributed by atoms with E-state index in [-0.39, 0.29) is 5.91 Å². The number of hydrogen-bond acceptors (Lipinski definition) is 5. The molecule has 8 heteroatoms. The van der Waals surface area contributed by atoms with E-state index < -0.39 is 0 Å². The number of hydrogen-bond donors (Lipinski definition) is 2. The summed E-state index contributed by atoms with van der Waals surface area (Å²) < 4.78 is 5.61. The van der Waals surface area contributed by atoms with E-state index in [1.807, 2.05) is 26.0 Å². The fourth-order valence-corrected chi connectivity index (χ4v) is 5.84. The Labute approximate surface area is 219 Å². The molecule has 1 aliphatic rings. The number of amides is 1. The highest BCUT2D eigenvalue weighted by Crippen LogP contribution is 2.34. The molecule has 0 bridgehead atoms. The van der Waals surface area contributed by atoms with Gasteiger partial charge in [-0.25, -0.2) is 4.98 Å². The molecule has 2 N–H and O–H groups in total. The minimum absolute atomic E-state index is 0.154. The molecular weight excluding hydrogens is 474 g/mol. The number of fused-ring (bicyclic) bond motifs is 1. The Morgan fingerprint density at radius 1 is 1.17 bits per heavy atom. The van der Waals surface area contributed by atoms with E-state index in [4.69, 9.17) is 16.3 Å². The van der Waals surface area contributed by atoms with Crippen molar-refractivity contribution >= 4 is 34.2 Å². The number of aromatic nitrogens is 2. The predicted octanol–water partition coefficient (Wildman–Crippen LogP) is 5.47. The van der Waals surface area contributed by atoms with Crippen LogP contribution in [0.3, 0.4) is 0 Å². The Balaban J connectivity index is 1.57. The molecule has 0 saturated heterocycles. The molecule has 0 atom stereocenters. The maximum Gasteiger partial charge on any atom is 0.251 e. The average Bonchev–Trinajstić information content (AvgIpc) is 3.36. The molecule has 1 saturated carbocycles. The number of aromatic amines is 1. The predicted molar refractivity (Wildman–Crippen MR) is 147 cm³/mol. The number of halogens is 1. The molecule has 1 aromatic heterocycles. The van der Waals surface area contributed by atoms with E-state index in [9.17, 15) is 4.79 Å². The minimum Gasteiger partial charge on any atom is -0.496 e. The van der Waals surface area contributed by atoms with Crippen LogP contribution < -0.4 is 15.0 Å². The summed E-state index contributed by atoms with van der Waals surface area (Å²) in [6, 6.07) is 6.82. The number of nitrogens with one attached hydrogen (secondary N) is 2. The first-order valence-corrected chi connectivity index (χ1v) is 13.1. The van der Waals surface area contributed by atoms with Crippen molar-refractivity contribution in [2.45, 2.75) is 65.1 Å². The Morgan fingerprint density at radius 2 is 1.86 bits per heavy atom. The van der Waals surface area contributed by atoms with Gasteiger partial charge in [0.2, 0.25) is 0 Å².